The van der Waals surface area contributed by atoms with Crippen molar-refractivity contribution in [3.05, 3.63) is 30.1 Å². The van der Waals surface area contributed by atoms with Gasteiger partial charge < -0.3 is 0 Å². The standard InChI is InChI=1S/C18H28N2O/c1-4-20(12-15-7-9-19-10-8-15)13-17-11-16(14(2)3)5-6-18(17)21/h7-10,14,16-17H,4-6,11-13H2,1-3H3. The molecule has 0 N–H and O–H groups in total. The minimum absolute atomic E-state index is 0.230. The van der Waals surface area contributed by atoms with Gasteiger partial charge in [0, 0.05) is 37.8 Å². The lowest BCUT2D eigenvalue weighted by Gasteiger charge is -2.33. The first kappa shape index (κ1) is 16.2. The third-order valence-electron chi connectivity index (χ3n) is 4.83. The Bertz CT molecular complexity index is 444. The van der Waals surface area contributed by atoms with Gasteiger partial charge in [0.15, 0.2) is 0 Å². The molecule has 3 nitrogen and oxygen atoms in total. The van der Waals surface area contributed by atoms with Crippen molar-refractivity contribution in [1.29, 1.82) is 0 Å². The van der Waals surface area contributed by atoms with E-state index in [1.807, 2.05) is 12.4 Å². The molecule has 116 valence electrons. The molecule has 0 aliphatic heterocycles. The predicted octanol–water partition coefficient (Wildman–Crippen LogP) is 3.54. The number of ketones is 1. The summed E-state index contributed by atoms with van der Waals surface area (Å²) in [5.41, 5.74) is 1.27. The normalized spacial score (nSPS) is 23.0. The van der Waals surface area contributed by atoms with Gasteiger partial charge in [0.05, 0.1) is 0 Å². The zero-order valence-corrected chi connectivity index (χ0v) is 13.6. The van der Waals surface area contributed by atoms with Crippen molar-refractivity contribution in [3.63, 3.8) is 0 Å². The van der Waals surface area contributed by atoms with Gasteiger partial charge in [-0.15, -0.1) is 0 Å². The molecule has 1 saturated carbocycles. The fourth-order valence-electron chi connectivity index (χ4n) is 3.29. The van der Waals surface area contributed by atoms with E-state index in [9.17, 15) is 4.79 Å². The number of rotatable bonds is 6. The van der Waals surface area contributed by atoms with E-state index in [4.69, 9.17) is 0 Å². The van der Waals surface area contributed by atoms with Crippen LogP contribution in [0.3, 0.4) is 0 Å². The quantitative estimate of drug-likeness (QED) is 0.802. The molecule has 0 spiro atoms. The van der Waals surface area contributed by atoms with Gasteiger partial charge in [0.1, 0.15) is 5.78 Å². The van der Waals surface area contributed by atoms with Crippen molar-refractivity contribution >= 4 is 5.78 Å². The van der Waals surface area contributed by atoms with E-state index in [1.54, 1.807) is 0 Å². The summed E-state index contributed by atoms with van der Waals surface area (Å²) in [6, 6.07) is 4.12. The van der Waals surface area contributed by atoms with Gasteiger partial charge in [-0.3, -0.25) is 14.7 Å². The lowest BCUT2D eigenvalue weighted by molar-refractivity contribution is -0.126. The van der Waals surface area contributed by atoms with E-state index in [0.29, 0.717) is 17.6 Å². The van der Waals surface area contributed by atoms with E-state index in [-0.39, 0.29) is 5.92 Å². The van der Waals surface area contributed by atoms with Gasteiger partial charge in [-0.1, -0.05) is 20.8 Å². The molecule has 1 fully saturated rings. The Balaban J connectivity index is 1.95. The molecule has 2 rings (SSSR count). The van der Waals surface area contributed by atoms with Crippen LogP contribution in [0.1, 0.15) is 45.6 Å². The second-order valence-electron chi connectivity index (χ2n) is 6.62. The first-order valence-electron chi connectivity index (χ1n) is 8.24. The Kier molecular flexibility index (Phi) is 5.92. The van der Waals surface area contributed by atoms with Crippen molar-refractivity contribution in [2.75, 3.05) is 13.1 Å². The molecule has 0 bridgehead atoms. The SMILES string of the molecule is CCN(Cc1ccncc1)CC1CC(C(C)C)CCC1=O. The third kappa shape index (κ3) is 4.63. The highest BCUT2D eigenvalue weighted by Crippen LogP contribution is 2.32. The summed E-state index contributed by atoms with van der Waals surface area (Å²) in [7, 11) is 0. The zero-order chi connectivity index (χ0) is 15.2. The van der Waals surface area contributed by atoms with Crippen molar-refractivity contribution in [2.24, 2.45) is 17.8 Å². The second-order valence-corrected chi connectivity index (χ2v) is 6.62. The molecular formula is C18H28N2O. The molecule has 0 amide bonds. The number of carbonyl (C=O) groups is 1. The molecule has 0 saturated heterocycles. The number of aromatic nitrogens is 1. The molecule has 2 atom stereocenters. The summed E-state index contributed by atoms with van der Waals surface area (Å²) >= 11 is 0. The van der Waals surface area contributed by atoms with Crippen LogP contribution in [0.4, 0.5) is 0 Å². The number of nitrogens with zero attached hydrogens (tertiary/aromatic N) is 2. The highest BCUT2D eigenvalue weighted by Gasteiger charge is 2.31. The first-order valence-corrected chi connectivity index (χ1v) is 8.24. The van der Waals surface area contributed by atoms with Crippen molar-refractivity contribution in [2.45, 2.75) is 46.6 Å². The molecule has 0 radical (unpaired) electrons. The number of Topliss-reactive ketones (excluding diaryl/α,β-unsaturated/α-hetero) is 1. The van der Waals surface area contributed by atoms with Crippen LogP contribution in [0.25, 0.3) is 0 Å². The maximum atomic E-state index is 12.2. The van der Waals surface area contributed by atoms with Crippen LogP contribution in [0.2, 0.25) is 0 Å². The second kappa shape index (κ2) is 7.69. The molecule has 0 aromatic carbocycles. The van der Waals surface area contributed by atoms with E-state index in [0.717, 1.165) is 38.9 Å². The van der Waals surface area contributed by atoms with Crippen LogP contribution in [0.5, 0.6) is 0 Å². The highest BCUT2D eigenvalue weighted by atomic mass is 16.1. The molecule has 3 heteroatoms. The van der Waals surface area contributed by atoms with Gasteiger partial charge in [-0.05, 0) is 48.9 Å². The van der Waals surface area contributed by atoms with Crippen LogP contribution >= 0.6 is 0 Å². The highest BCUT2D eigenvalue weighted by molar-refractivity contribution is 5.82. The monoisotopic (exact) mass is 288 g/mol. The lowest BCUT2D eigenvalue weighted by Crippen LogP contribution is -2.37. The van der Waals surface area contributed by atoms with Crippen LogP contribution < -0.4 is 0 Å². The predicted molar refractivity (Wildman–Crippen MR) is 85.9 cm³/mol. The van der Waals surface area contributed by atoms with Crippen LogP contribution in [-0.4, -0.2) is 28.8 Å². The third-order valence-corrected chi connectivity index (χ3v) is 4.83. The van der Waals surface area contributed by atoms with Crippen LogP contribution in [0.15, 0.2) is 24.5 Å². The Morgan fingerprint density at radius 1 is 1.33 bits per heavy atom. The van der Waals surface area contributed by atoms with Gasteiger partial charge in [0.2, 0.25) is 0 Å². The fraction of sp³-hybridized carbons (Fsp3) is 0.667. The van der Waals surface area contributed by atoms with Gasteiger partial charge in [-0.25, -0.2) is 0 Å². The zero-order valence-electron chi connectivity index (χ0n) is 13.6. The largest absolute Gasteiger partial charge is 0.299 e. The van der Waals surface area contributed by atoms with Gasteiger partial charge in [-0.2, -0.15) is 0 Å². The molecule has 1 heterocycles. The minimum atomic E-state index is 0.230. The average Bonchev–Trinajstić information content (AvgIpc) is 2.49. The van der Waals surface area contributed by atoms with E-state index < -0.39 is 0 Å². The Morgan fingerprint density at radius 2 is 2.05 bits per heavy atom. The molecular weight excluding hydrogens is 260 g/mol. The number of hydrogen-bond donors (Lipinski definition) is 0. The van der Waals surface area contributed by atoms with Gasteiger partial charge in [0.25, 0.3) is 0 Å². The minimum Gasteiger partial charge on any atom is -0.299 e. The molecule has 2 unspecified atom stereocenters. The Labute approximate surface area is 128 Å². The van der Waals surface area contributed by atoms with Gasteiger partial charge >= 0.3 is 0 Å². The number of pyridine rings is 1. The van der Waals surface area contributed by atoms with Crippen LogP contribution in [-0.2, 0) is 11.3 Å². The summed E-state index contributed by atoms with van der Waals surface area (Å²) in [4.78, 5) is 18.7. The fourth-order valence-corrected chi connectivity index (χ4v) is 3.29. The Morgan fingerprint density at radius 3 is 2.67 bits per heavy atom. The summed E-state index contributed by atoms with van der Waals surface area (Å²) < 4.78 is 0. The topological polar surface area (TPSA) is 33.2 Å². The van der Waals surface area contributed by atoms with Crippen LogP contribution in [0, 0.1) is 17.8 Å². The smallest absolute Gasteiger partial charge is 0.137 e. The summed E-state index contributed by atoms with van der Waals surface area (Å²) in [6.45, 7) is 9.54. The van der Waals surface area contributed by atoms with Crippen molar-refractivity contribution < 1.29 is 4.79 Å². The van der Waals surface area contributed by atoms with Crippen molar-refractivity contribution in [1.82, 2.24) is 9.88 Å². The first-order chi connectivity index (χ1) is 10.1. The lowest BCUT2D eigenvalue weighted by atomic mass is 9.75. The maximum Gasteiger partial charge on any atom is 0.137 e. The van der Waals surface area contributed by atoms with Crippen molar-refractivity contribution in [3.8, 4) is 0 Å². The Hall–Kier alpha value is -1.22. The van der Waals surface area contributed by atoms with E-state index in [1.165, 1.54) is 5.56 Å². The molecule has 1 aliphatic rings. The molecule has 1 aromatic heterocycles. The summed E-state index contributed by atoms with van der Waals surface area (Å²) in [5, 5.41) is 0. The average molecular weight is 288 g/mol. The summed E-state index contributed by atoms with van der Waals surface area (Å²) in [6.07, 6.45) is 6.61. The van der Waals surface area contributed by atoms with E-state index in [2.05, 4.69) is 42.8 Å². The van der Waals surface area contributed by atoms with E-state index >= 15 is 0 Å². The molecule has 21 heavy (non-hydrogen) atoms. The number of carbonyl (C=O) groups excluding carboxylic acids is 1. The molecule has 1 aromatic rings. The maximum absolute atomic E-state index is 12.2. The summed E-state index contributed by atoms with van der Waals surface area (Å²) in [5.74, 6) is 2.11. The number of hydrogen-bond acceptors (Lipinski definition) is 3. The molecule has 1 aliphatic carbocycles.